The van der Waals surface area contributed by atoms with Gasteiger partial charge in [-0.15, -0.1) is 0 Å². The molecule has 2 fully saturated rings. The molecule has 0 unspecified atom stereocenters. The molecule has 1 amide bonds. The molecule has 2 aromatic rings. The highest BCUT2D eigenvalue weighted by Gasteiger charge is 2.34. The molecule has 1 aromatic carbocycles. The van der Waals surface area contributed by atoms with Crippen molar-refractivity contribution in [1.82, 2.24) is 15.6 Å². The van der Waals surface area contributed by atoms with Gasteiger partial charge in [0.1, 0.15) is 5.82 Å². The zero-order valence-corrected chi connectivity index (χ0v) is 15.4. The van der Waals surface area contributed by atoms with Crippen LogP contribution in [-0.2, 0) is 0 Å². The number of hydrogen-bond donors (Lipinski definition) is 3. The summed E-state index contributed by atoms with van der Waals surface area (Å²) >= 11 is 0. The third-order valence-electron chi connectivity index (χ3n) is 5.95. The van der Waals surface area contributed by atoms with Gasteiger partial charge in [-0.25, -0.2) is 4.39 Å². The summed E-state index contributed by atoms with van der Waals surface area (Å²) in [7, 11) is 0. The first-order valence-electron chi connectivity index (χ1n) is 9.99. The molecule has 0 bridgehead atoms. The minimum Gasteiger partial charge on any atom is -0.348 e. The first-order valence-corrected chi connectivity index (χ1v) is 9.99. The van der Waals surface area contributed by atoms with E-state index in [1.165, 1.54) is 62.8 Å². The van der Waals surface area contributed by atoms with E-state index in [9.17, 15) is 14.0 Å². The normalized spacial score (nSPS) is 23.6. The topological polar surface area (TPSA) is 74.0 Å². The van der Waals surface area contributed by atoms with Crippen LogP contribution in [0.2, 0.25) is 0 Å². The van der Waals surface area contributed by atoms with E-state index in [2.05, 4.69) is 15.6 Å². The number of fused-ring (bicyclic) bond motifs is 1. The Morgan fingerprint density at radius 2 is 1.74 bits per heavy atom. The van der Waals surface area contributed by atoms with Crippen molar-refractivity contribution in [3.8, 4) is 0 Å². The second kappa shape index (κ2) is 7.80. The van der Waals surface area contributed by atoms with Crippen LogP contribution in [0.5, 0.6) is 0 Å². The van der Waals surface area contributed by atoms with E-state index in [4.69, 9.17) is 0 Å². The molecule has 2 aliphatic rings. The number of halogens is 1. The van der Waals surface area contributed by atoms with Gasteiger partial charge in [-0.2, -0.15) is 0 Å². The predicted octanol–water partition coefficient (Wildman–Crippen LogP) is 3.24. The van der Waals surface area contributed by atoms with Gasteiger partial charge in [-0.1, -0.05) is 25.7 Å². The molecule has 1 aromatic heterocycles. The zero-order chi connectivity index (χ0) is 18.8. The summed E-state index contributed by atoms with van der Waals surface area (Å²) in [5, 5.41) is 7.20. The second-order valence-corrected chi connectivity index (χ2v) is 7.86. The Balaban J connectivity index is 1.47. The lowest BCUT2D eigenvalue weighted by Gasteiger charge is -2.40. The summed E-state index contributed by atoms with van der Waals surface area (Å²) in [6.45, 7) is 0. The van der Waals surface area contributed by atoms with Crippen molar-refractivity contribution in [1.29, 1.82) is 0 Å². The average Bonchev–Trinajstić information content (AvgIpc) is 2.91. The van der Waals surface area contributed by atoms with Gasteiger partial charge >= 0.3 is 0 Å². The Bertz CT molecular complexity index is 887. The van der Waals surface area contributed by atoms with Crippen LogP contribution in [0.3, 0.4) is 0 Å². The highest BCUT2D eigenvalue weighted by molar-refractivity contribution is 6.06. The van der Waals surface area contributed by atoms with Gasteiger partial charge in [-0.3, -0.25) is 9.59 Å². The summed E-state index contributed by atoms with van der Waals surface area (Å²) in [4.78, 5) is 27.3. The number of nitrogens with one attached hydrogen (secondary N) is 3. The molecule has 6 heteroatoms. The Hall–Kier alpha value is -2.21. The molecule has 0 radical (unpaired) electrons. The van der Waals surface area contributed by atoms with Crippen LogP contribution in [0.25, 0.3) is 10.9 Å². The maximum atomic E-state index is 13.6. The van der Waals surface area contributed by atoms with Gasteiger partial charge in [0.05, 0.1) is 5.56 Å². The van der Waals surface area contributed by atoms with E-state index in [1.807, 2.05) is 0 Å². The Morgan fingerprint density at radius 1 is 1.00 bits per heavy atom. The molecule has 2 atom stereocenters. The van der Waals surface area contributed by atoms with Crippen molar-refractivity contribution in [2.45, 2.75) is 69.5 Å². The third kappa shape index (κ3) is 4.05. The molecule has 1 heterocycles. The number of aromatic amines is 1. The summed E-state index contributed by atoms with van der Waals surface area (Å²) < 4.78 is 13.6. The average molecular weight is 371 g/mol. The first kappa shape index (κ1) is 18.2. The van der Waals surface area contributed by atoms with Crippen LogP contribution < -0.4 is 16.2 Å². The molecule has 27 heavy (non-hydrogen) atoms. The van der Waals surface area contributed by atoms with Gasteiger partial charge in [0.25, 0.3) is 5.91 Å². The number of carbonyl (C=O) groups excluding carboxylic acids is 1. The van der Waals surface area contributed by atoms with Crippen LogP contribution in [-0.4, -0.2) is 29.0 Å². The van der Waals surface area contributed by atoms with E-state index in [-0.39, 0.29) is 29.1 Å². The number of H-pyrrole nitrogens is 1. The standard InChI is InChI=1S/C21H26FN3O2/c22-13-7-8-17-15(11-13)16(12-20(26)24-17)21(27)25-19-10-9-18(19)23-14-5-3-1-2-4-6-14/h7-8,11-12,14,18-19,23H,1-6,9-10H2,(H,24,26)(H,25,27)/t18-,19+/m1/s1. The lowest BCUT2D eigenvalue weighted by Crippen LogP contribution is -2.59. The minimum absolute atomic E-state index is 0.0589. The number of pyridine rings is 1. The van der Waals surface area contributed by atoms with Crippen molar-refractivity contribution in [2.24, 2.45) is 0 Å². The predicted molar refractivity (Wildman–Crippen MR) is 103 cm³/mol. The van der Waals surface area contributed by atoms with E-state index in [0.29, 0.717) is 16.9 Å². The van der Waals surface area contributed by atoms with Crippen molar-refractivity contribution in [2.75, 3.05) is 0 Å². The fourth-order valence-electron chi connectivity index (χ4n) is 4.28. The second-order valence-electron chi connectivity index (χ2n) is 7.86. The lowest BCUT2D eigenvalue weighted by atomic mass is 9.85. The van der Waals surface area contributed by atoms with Crippen LogP contribution in [0.4, 0.5) is 4.39 Å². The number of aromatic nitrogens is 1. The van der Waals surface area contributed by atoms with Crippen LogP contribution >= 0.6 is 0 Å². The summed E-state index contributed by atoms with van der Waals surface area (Å²) in [5.41, 5.74) is 0.338. The van der Waals surface area contributed by atoms with Crippen molar-refractivity contribution in [3.05, 3.63) is 46.0 Å². The quantitative estimate of drug-likeness (QED) is 0.723. The fraction of sp³-hybridized carbons (Fsp3) is 0.524. The summed E-state index contributed by atoms with van der Waals surface area (Å²) in [6, 6.07) is 6.19. The monoisotopic (exact) mass is 371 g/mol. The number of benzene rings is 1. The number of hydrogen-bond acceptors (Lipinski definition) is 3. The van der Waals surface area contributed by atoms with Gasteiger partial charge < -0.3 is 15.6 Å². The maximum absolute atomic E-state index is 13.6. The molecule has 144 valence electrons. The number of rotatable bonds is 4. The Morgan fingerprint density at radius 3 is 2.44 bits per heavy atom. The Labute approximate surface area is 157 Å². The molecule has 2 aliphatic carbocycles. The molecule has 5 nitrogen and oxygen atoms in total. The van der Waals surface area contributed by atoms with E-state index >= 15 is 0 Å². The van der Waals surface area contributed by atoms with Crippen molar-refractivity contribution >= 4 is 16.8 Å². The molecule has 0 aliphatic heterocycles. The zero-order valence-electron chi connectivity index (χ0n) is 15.4. The molecule has 4 rings (SSSR count). The fourth-order valence-corrected chi connectivity index (χ4v) is 4.28. The van der Waals surface area contributed by atoms with Gasteiger partial charge in [0.2, 0.25) is 5.56 Å². The molecular weight excluding hydrogens is 345 g/mol. The largest absolute Gasteiger partial charge is 0.348 e. The molecule has 0 spiro atoms. The highest BCUT2D eigenvalue weighted by Crippen LogP contribution is 2.25. The Kier molecular flexibility index (Phi) is 5.25. The SMILES string of the molecule is O=C(N[C@H]1CC[C@H]1NC1CCCCCC1)c1cc(=O)[nH]c2ccc(F)cc12. The van der Waals surface area contributed by atoms with E-state index in [0.717, 1.165) is 12.8 Å². The van der Waals surface area contributed by atoms with Crippen molar-refractivity contribution < 1.29 is 9.18 Å². The first-order chi connectivity index (χ1) is 13.1. The maximum Gasteiger partial charge on any atom is 0.252 e. The summed E-state index contributed by atoms with van der Waals surface area (Å²) in [5.74, 6) is -0.741. The minimum atomic E-state index is -0.430. The highest BCUT2D eigenvalue weighted by atomic mass is 19.1. The van der Waals surface area contributed by atoms with Gasteiger partial charge in [-0.05, 0) is 43.9 Å². The van der Waals surface area contributed by atoms with E-state index < -0.39 is 5.82 Å². The van der Waals surface area contributed by atoms with Crippen LogP contribution in [0.15, 0.2) is 29.1 Å². The lowest BCUT2D eigenvalue weighted by molar-refractivity contribution is 0.0889. The van der Waals surface area contributed by atoms with Crippen molar-refractivity contribution in [3.63, 3.8) is 0 Å². The number of carbonyl (C=O) groups is 1. The molecule has 0 saturated heterocycles. The van der Waals surface area contributed by atoms with Crippen LogP contribution in [0, 0.1) is 5.82 Å². The molecule has 2 saturated carbocycles. The smallest absolute Gasteiger partial charge is 0.252 e. The van der Waals surface area contributed by atoms with Gasteiger partial charge in [0.15, 0.2) is 0 Å². The molecule has 3 N–H and O–H groups in total. The van der Waals surface area contributed by atoms with E-state index in [1.54, 1.807) is 0 Å². The van der Waals surface area contributed by atoms with Crippen LogP contribution in [0.1, 0.15) is 61.7 Å². The van der Waals surface area contributed by atoms with Gasteiger partial charge in [0, 0.05) is 35.1 Å². The molecular formula is C21H26FN3O2. The summed E-state index contributed by atoms with van der Waals surface area (Å²) in [6.07, 6.45) is 9.55. The third-order valence-corrected chi connectivity index (χ3v) is 5.95. The number of amides is 1.